The Balaban J connectivity index is 1.88. The van der Waals surface area contributed by atoms with Crippen LogP contribution in [0, 0.1) is 0 Å². The molecule has 0 amide bonds. The zero-order valence-corrected chi connectivity index (χ0v) is 11.5. The highest BCUT2D eigenvalue weighted by molar-refractivity contribution is 5.85. The van der Waals surface area contributed by atoms with Crippen molar-refractivity contribution in [3.8, 4) is 5.75 Å². The molecule has 1 unspecified atom stereocenters. The Morgan fingerprint density at radius 3 is 2.86 bits per heavy atom. The van der Waals surface area contributed by atoms with Crippen LogP contribution in [0.3, 0.4) is 0 Å². The fourth-order valence-electron chi connectivity index (χ4n) is 2.98. The molecule has 1 aromatic heterocycles. The summed E-state index contributed by atoms with van der Waals surface area (Å²) in [5, 5.41) is 12.9. The van der Waals surface area contributed by atoms with Crippen LogP contribution in [-0.2, 0) is 6.42 Å². The predicted molar refractivity (Wildman–Crippen MR) is 81.4 cm³/mol. The van der Waals surface area contributed by atoms with Crippen molar-refractivity contribution < 1.29 is 9.84 Å². The summed E-state index contributed by atoms with van der Waals surface area (Å²) in [4.78, 5) is 4.25. The molecule has 21 heavy (non-hydrogen) atoms. The smallest absolute Gasteiger partial charge is 0.128 e. The lowest BCUT2D eigenvalue weighted by Gasteiger charge is -2.16. The lowest BCUT2D eigenvalue weighted by atomic mass is 9.96. The SMILES string of the molecule is OC(c1cccc2c1OCC2)c1cncc2ccccc12. The molecule has 2 aromatic carbocycles. The first-order valence-electron chi connectivity index (χ1n) is 7.10. The van der Waals surface area contributed by atoms with Crippen LogP contribution in [0.1, 0.15) is 22.8 Å². The van der Waals surface area contributed by atoms with Gasteiger partial charge < -0.3 is 9.84 Å². The number of hydrogen-bond donors (Lipinski definition) is 1. The molecular weight excluding hydrogens is 262 g/mol. The molecule has 3 heteroatoms. The minimum Gasteiger partial charge on any atom is -0.493 e. The lowest BCUT2D eigenvalue weighted by Crippen LogP contribution is -2.03. The van der Waals surface area contributed by atoms with Crippen molar-refractivity contribution in [2.24, 2.45) is 0 Å². The summed E-state index contributed by atoms with van der Waals surface area (Å²) in [6.45, 7) is 0.687. The van der Waals surface area contributed by atoms with E-state index in [0.29, 0.717) is 6.61 Å². The molecule has 4 rings (SSSR count). The average molecular weight is 277 g/mol. The van der Waals surface area contributed by atoms with Crippen LogP contribution in [0.25, 0.3) is 10.8 Å². The molecule has 3 nitrogen and oxygen atoms in total. The van der Waals surface area contributed by atoms with Crippen LogP contribution in [0.2, 0.25) is 0 Å². The normalized spacial score (nSPS) is 14.7. The van der Waals surface area contributed by atoms with Crippen molar-refractivity contribution in [3.63, 3.8) is 0 Å². The Morgan fingerprint density at radius 2 is 1.90 bits per heavy atom. The number of fused-ring (bicyclic) bond motifs is 2. The number of aliphatic hydroxyl groups is 1. The third-order valence-electron chi connectivity index (χ3n) is 4.03. The van der Waals surface area contributed by atoms with Crippen LogP contribution >= 0.6 is 0 Å². The van der Waals surface area contributed by atoms with Crippen LogP contribution in [0.15, 0.2) is 54.9 Å². The van der Waals surface area contributed by atoms with E-state index in [1.54, 1.807) is 6.20 Å². The van der Waals surface area contributed by atoms with Gasteiger partial charge in [-0.15, -0.1) is 0 Å². The summed E-state index contributed by atoms with van der Waals surface area (Å²) in [5.41, 5.74) is 2.81. The number of benzene rings is 2. The van der Waals surface area contributed by atoms with Crippen molar-refractivity contribution in [3.05, 3.63) is 71.5 Å². The van der Waals surface area contributed by atoms with Crippen molar-refractivity contribution in [1.29, 1.82) is 0 Å². The molecule has 1 aliphatic heterocycles. The first kappa shape index (κ1) is 12.4. The lowest BCUT2D eigenvalue weighted by molar-refractivity contribution is 0.215. The van der Waals surface area contributed by atoms with Gasteiger partial charge in [0.25, 0.3) is 0 Å². The molecule has 0 aliphatic carbocycles. The molecule has 0 fully saturated rings. The van der Waals surface area contributed by atoms with E-state index in [1.807, 2.05) is 42.6 Å². The van der Waals surface area contributed by atoms with Gasteiger partial charge >= 0.3 is 0 Å². The molecule has 1 N–H and O–H groups in total. The van der Waals surface area contributed by atoms with Gasteiger partial charge in [0.2, 0.25) is 0 Å². The van der Waals surface area contributed by atoms with Gasteiger partial charge in [0, 0.05) is 35.3 Å². The Kier molecular flexibility index (Phi) is 2.86. The average Bonchev–Trinajstić information content (AvgIpc) is 3.02. The summed E-state index contributed by atoms with van der Waals surface area (Å²) in [6.07, 6.45) is 3.74. The van der Waals surface area contributed by atoms with Gasteiger partial charge in [0.1, 0.15) is 11.9 Å². The van der Waals surface area contributed by atoms with Crippen LogP contribution in [-0.4, -0.2) is 16.7 Å². The number of aliphatic hydroxyl groups excluding tert-OH is 1. The largest absolute Gasteiger partial charge is 0.493 e. The molecule has 2 heterocycles. The van der Waals surface area contributed by atoms with Gasteiger partial charge in [0.15, 0.2) is 0 Å². The summed E-state index contributed by atoms with van der Waals surface area (Å²) in [7, 11) is 0. The second-order valence-electron chi connectivity index (χ2n) is 5.29. The van der Waals surface area contributed by atoms with Gasteiger partial charge in [-0.2, -0.15) is 0 Å². The molecule has 0 spiro atoms. The van der Waals surface area contributed by atoms with Gasteiger partial charge in [-0.1, -0.05) is 42.5 Å². The topological polar surface area (TPSA) is 42.4 Å². The van der Waals surface area contributed by atoms with E-state index in [4.69, 9.17) is 4.74 Å². The zero-order valence-electron chi connectivity index (χ0n) is 11.5. The van der Waals surface area contributed by atoms with Crippen molar-refractivity contribution >= 4 is 10.8 Å². The van der Waals surface area contributed by atoms with E-state index in [1.165, 1.54) is 5.56 Å². The van der Waals surface area contributed by atoms with Crippen molar-refractivity contribution in [2.75, 3.05) is 6.61 Å². The standard InChI is InChI=1S/C18H15NO2/c20-17(15-7-3-5-12-8-9-21-18(12)15)16-11-19-10-13-4-1-2-6-14(13)16/h1-7,10-11,17,20H,8-9H2. The molecule has 0 radical (unpaired) electrons. The summed E-state index contributed by atoms with van der Waals surface area (Å²) >= 11 is 0. The fraction of sp³-hybridized carbons (Fsp3) is 0.167. The van der Waals surface area contributed by atoms with Crippen molar-refractivity contribution in [2.45, 2.75) is 12.5 Å². The van der Waals surface area contributed by atoms with Gasteiger partial charge in [-0.25, -0.2) is 0 Å². The third kappa shape index (κ3) is 1.98. The van der Waals surface area contributed by atoms with Crippen LogP contribution in [0.5, 0.6) is 5.75 Å². The van der Waals surface area contributed by atoms with Gasteiger partial charge in [-0.05, 0) is 10.9 Å². The highest BCUT2D eigenvalue weighted by Crippen LogP contribution is 2.37. The number of ether oxygens (including phenoxy) is 1. The number of aromatic nitrogens is 1. The highest BCUT2D eigenvalue weighted by Gasteiger charge is 2.23. The molecule has 0 saturated carbocycles. The second kappa shape index (κ2) is 4.86. The molecule has 104 valence electrons. The Bertz CT molecular complexity index is 808. The molecule has 1 atom stereocenters. The van der Waals surface area contributed by atoms with Crippen LogP contribution in [0.4, 0.5) is 0 Å². The highest BCUT2D eigenvalue weighted by atomic mass is 16.5. The van der Waals surface area contributed by atoms with Gasteiger partial charge in [0.05, 0.1) is 6.61 Å². The number of nitrogens with zero attached hydrogens (tertiary/aromatic N) is 1. The van der Waals surface area contributed by atoms with E-state index in [9.17, 15) is 5.11 Å². The van der Waals surface area contributed by atoms with E-state index in [-0.39, 0.29) is 0 Å². The van der Waals surface area contributed by atoms with Gasteiger partial charge in [-0.3, -0.25) is 4.98 Å². The molecule has 0 saturated heterocycles. The number of rotatable bonds is 2. The molecule has 3 aromatic rings. The summed E-state index contributed by atoms with van der Waals surface area (Å²) in [6, 6.07) is 13.9. The quantitative estimate of drug-likeness (QED) is 0.782. The van der Waals surface area contributed by atoms with E-state index in [2.05, 4.69) is 11.1 Å². The maximum absolute atomic E-state index is 10.8. The maximum Gasteiger partial charge on any atom is 0.128 e. The fourth-order valence-corrected chi connectivity index (χ4v) is 2.98. The van der Waals surface area contributed by atoms with E-state index >= 15 is 0 Å². The summed E-state index contributed by atoms with van der Waals surface area (Å²) in [5.74, 6) is 0.831. The number of pyridine rings is 1. The minimum absolute atomic E-state index is 0.687. The minimum atomic E-state index is -0.725. The predicted octanol–water partition coefficient (Wildman–Crippen LogP) is 3.25. The number of hydrogen-bond acceptors (Lipinski definition) is 3. The molecule has 0 bridgehead atoms. The Labute approximate surface area is 122 Å². The Morgan fingerprint density at radius 1 is 1.00 bits per heavy atom. The van der Waals surface area contributed by atoms with E-state index in [0.717, 1.165) is 34.1 Å². The first-order valence-corrected chi connectivity index (χ1v) is 7.10. The molecule has 1 aliphatic rings. The first-order chi connectivity index (χ1) is 10.3. The number of para-hydroxylation sites is 1. The third-order valence-corrected chi connectivity index (χ3v) is 4.03. The zero-order chi connectivity index (χ0) is 14.2. The second-order valence-corrected chi connectivity index (χ2v) is 5.29. The monoisotopic (exact) mass is 277 g/mol. The van der Waals surface area contributed by atoms with E-state index < -0.39 is 6.10 Å². The maximum atomic E-state index is 10.8. The Hall–Kier alpha value is -2.39. The summed E-state index contributed by atoms with van der Waals surface area (Å²) < 4.78 is 5.70. The van der Waals surface area contributed by atoms with Crippen molar-refractivity contribution in [1.82, 2.24) is 4.98 Å². The molecular formula is C18H15NO2. The van der Waals surface area contributed by atoms with Crippen LogP contribution < -0.4 is 4.74 Å².